The molecule has 0 saturated heterocycles. The van der Waals surface area contributed by atoms with Crippen molar-refractivity contribution >= 4 is 11.9 Å². The highest BCUT2D eigenvalue weighted by Gasteiger charge is 2.20. The number of carbonyl (C=O) groups is 2. The van der Waals surface area contributed by atoms with Gasteiger partial charge in [-0.05, 0) is 23.3 Å². The largest absolute Gasteiger partial charge is 0.489 e. The number of hydrogen-bond acceptors (Lipinski definition) is 5. The third kappa shape index (κ3) is 7.77. The van der Waals surface area contributed by atoms with Crippen LogP contribution in [0.5, 0.6) is 5.75 Å². The summed E-state index contributed by atoms with van der Waals surface area (Å²) in [5, 5.41) is 11.9. The van der Waals surface area contributed by atoms with Gasteiger partial charge in [-0.2, -0.15) is 0 Å². The molecule has 7 heteroatoms. The van der Waals surface area contributed by atoms with E-state index in [4.69, 9.17) is 14.2 Å². The maximum atomic E-state index is 11.9. The summed E-state index contributed by atoms with van der Waals surface area (Å²) in [4.78, 5) is 23.4. The minimum absolute atomic E-state index is 0.141. The smallest absolute Gasteiger partial charge is 0.326 e. The first-order chi connectivity index (χ1) is 13.6. The number of methoxy groups -OCH3 is 1. The van der Waals surface area contributed by atoms with E-state index in [0.29, 0.717) is 19.0 Å². The Labute approximate surface area is 164 Å². The zero-order chi connectivity index (χ0) is 20.2. The molecule has 7 nitrogen and oxygen atoms in total. The molecule has 2 aromatic carbocycles. The third-order valence-corrected chi connectivity index (χ3v) is 3.88. The second kappa shape index (κ2) is 11.7. The molecule has 2 rings (SSSR count). The van der Waals surface area contributed by atoms with Gasteiger partial charge in [-0.25, -0.2) is 4.79 Å². The minimum Gasteiger partial charge on any atom is -0.489 e. The van der Waals surface area contributed by atoms with Gasteiger partial charge in [0.25, 0.3) is 0 Å². The quantitative estimate of drug-likeness (QED) is 0.542. The molecule has 2 N–H and O–H groups in total. The molecule has 0 aliphatic heterocycles. The third-order valence-electron chi connectivity index (χ3n) is 3.88. The van der Waals surface area contributed by atoms with Crippen molar-refractivity contribution in [3.63, 3.8) is 0 Å². The van der Waals surface area contributed by atoms with Crippen LogP contribution >= 0.6 is 0 Å². The highest BCUT2D eigenvalue weighted by atomic mass is 16.5. The zero-order valence-electron chi connectivity index (χ0n) is 15.8. The van der Waals surface area contributed by atoms with Gasteiger partial charge in [0.2, 0.25) is 5.91 Å². The molecule has 28 heavy (non-hydrogen) atoms. The number of rotatable bonds is 12. The first-order valence-corrected chi connectivity index (χ1v) is 8.93. The number of carboxylic acids is 1. The van der Waals surface area contributed by atoms with Crippen molar-refractivity contribution in [3.05, 3.63) is 65.7 Å². The van der Waals surface area contributed by atoms with E-state index in [1.54, 1.807) is 18.2 Å². The monoisotopic (exact) mass is 387 g/mol. The number of aliphatic carboxylic acids is 1. The predicted octanol–water partition coefficient (Wildman–Crippen LogP) is 2.04. The van der Waals surface area contributed by atoms with Gasteiger partial charge in [-0.1, -0.05) is 42.5 Å². The van der Waals surface area contributed by atoms with E-state index < -0.39 is 17.9 Å². The number of amides is 1. The van der Waals surface area contributed by atoms with Crippen LogP contribution in [0.3, 0.4) is 0 Å². The van der Waals surface area contributed by atoms with Gasteiger partial charge in [0.15, 0.2) is 0 Å². The summed E-state index contributed by atoms with van der Waals surface area (Å²) < 4.78 is 15.7. The van der Waals surface area contributed by atoms with Crippen LogP contribution < -0.4 is 10.1 Å². The number of ether oxygens (including phenoxy) is 3. The van der Waals surface area contributed by atoms with E-state index in [2.05, 4.69) is 5.32 Å². The Hall–Kier alpha value is -2.90. The molecule has 0 aromatic heterocycles. The highest BCUT2D eigenvalue weighted by Crippen LogP contribution is 2.16. The van der Waals surface area contributed by atoms with Gasteiger partial charge in [0, 0.05) is 13.5 Å². The van der Waals surface area contributed by atoms with Crippen LogP contribution in [0.4, 0.5) is 0 Å². The zero-order valence-corrected chi connectivity index (χ0v) is 15.8. The summed E-state index contributed by atoms with van der Waals surface area (Å²) in [5.41, 5.74) is 1.79. The summed E-state index contributed by atoms with van der Waals surface area (Å²) in [5.74, 6) is -0.958. The normalized spacial score (nSPS) is 11.6. The first kappa shape index (κ1) is 21.4. The minimum atomic E-state index is -1.11. The van der Waals surface area contributed by atoms with Crippen molar-refractivity contribution in [1.82, 2.24) is 5.32 Å². The second-order valence-electron chi connectivity index (χ2n) is 6.13. The van der Waals surface area contributed by atoms with Crippen molar-refractivity contribution in [2.75, 3.05) is 26.9 Å². The van der Waals surface area contributed by atoms with Crippen LogP contribution in [0.25, 0.3) is 0 Å². The topological polar surface area (TPSA) is 94.1 Å². The van der Waals surface area contributed by atoms with Crippen LogP contribution in [0.1, 0.15) is 11.1 Å². The lowest BCUT2D eigenvalue weighted by Crippen LogP contribution is -2.44. The number of carboxylic acid groups (broad SMARTS) is 1. The molecule has 0 bridgehead atoms. The van der Waals surface area contributed by atoms with Crippen LogP contribution in [0.15, 0.2) is 54.6 Å². The lowest BCUT2D eigenvalue weighted by Gasteiger charge is -2.15. The number of nitrogens with one attached hydrogen (secondary N) is 1. The SMILES string of the molecule is COCCOCC(=O)N[C@@H](Cc1cccc(OCc2ccccc2)c1)C(=O)O. The van der Waals surface area contributed by atoms with Crippen molar-refractivity contribution in [3.8, 4) is 5.75 Å². The molecule has 0 radical (unpaired) electrons. The number of hydrogen-bond donors (Lipinski definition) is 2. The van der Waals surface area contributed by atoms with Crippen LogP contribution in [0.2, 0.25) is 0 Å². The average Bonchev–Trinajstić information content (AvgIpc) is 2.70. The molecule has 0 spiro atoms. The summed E-state index contributed by atoms with van der Waals surface area (Å²) in [6.45, 7) is 0.837. The Kier molecular flexibility index (Phi) is 8.97. The fourth-order valence-electron chi connectivity index (χ4n) is 2.48. The summed E-state index contributed by atoms with van der Waals surface area (Å²) in [7, 11) is 1.53. The molecule has 0 fully saturated rings. The lowest BCUT2D eigenvalue weighted by atomic mass is 10.1. The Balaban J connectivity index is 1.89. The van der Waals surface area contributed by atoms with E-state index in [0.717, 1.165) is 11.1 Å². The maximum Gasteiger partial charge on any atom is 0.326 e. The number of benzene rings is 2. The fraction of sp³-hybridized carbons (Fsp3) is 0.333. The van der Waals surface area contributed by atoms with Crippen molar-refractivity contribution < 1.29 is 28.9 Å². The van der Waals surface area contributed by atoms with E-state index >= 15 is 0 Å². The molecule has 1 amide bonds. The standard InChI is InChI=1S/C21H25NO6/c1-26-10-11-27-15-20(23)22-19(21(24)25)13-17-8-5-9-18(12-17)28-14-16-6-3-2-4-7-16/h2-9,12,19H,10-11,13-15H2,1H3,(H,22,23)(H,24,25)/t19-/m0/s1. The van der Waals surface area contributed by atoms with Crippen LogP contribution in [-0.2, 0) is 32.1 Å². The molecule has 0 aliphatic rings. The van der Waals surface area contributed by atoms with E-state index in [9.17, 15) is 14.7 Å². The molecule has 2 aromatic rings. The van der Waals surface area contributed by atoms with Gasteiger partial charge in [0.05, 0.1) is 13.2 Å². The van der Waals surface area contributed by atoms with Crippen molar-refractivity contribution in [1.29, 1.82) is 0 Å². The Morgan fingerprint density at radius 3 is 2.50 bits per heavy atom. The number of carbonyl (C=O) groups excluding carboxylic acids is 1. The molecular weight excluding hydrogens is 362 g/mol. The molecule has 1 atom stereocenters. The second-order valence-corrected chi connectivity index (χ2v) is 6.13. The highest BCUT2D eigenvalue weighted by molar-refractivity contribution is 5.84. The predicted molar refractivity (Wildman–Crippen MR) is 103 cm³/mol. The van der Waals surface area contributed by atoms with Crippen molar-refractivity contribution in [2.45, 2.75) is 19.1 Å². The van der Waals surface area contributed by atoms with E-state index in [-0.39, 0.29) is 19.6 Å². The fourth-order valence-corrected chi connectivity index (χ4v) is 2.48. The van der Waals surface area contributed by atoms with E-state index in [1.165, 1.54) is 7.11 Å². The van der Waals surface area contributed by atoms with Gasteiger partial charge in [-0.3, -0.25) is 4.79 Å². The van der Waals surface area contributed by atoms with E-state index in [1.807, 2.05) is 36.4 Å². The molecular formula is C21H25NO6. The molecule has 0 unspecified atom stereocenters. The Morgan fingerprint density at radius 2 is 1.79 bits per heavy atom. The molecule has 150 valence electrons. The van der Waals surface area contributed by atoms with Gasteiger partial charge in [0.1, 0.15) is 25.0 Å². The maximum absolute atomic E-state index is 11.9. The Bertz CT molecular complexity index is 750. The molecule has 0 heterocycles. The van der Waals surface area contributed by atoms with Crippen molar-refractivity contribution in [2.24, 2.45) is 0 Å². The first-order valence-electron chi connectivity index (χ1n) is 8.93. The summed E-state index contributed by atoms with van der Waals surface area (Å²) in [6.07, 6.45) is 0.141. The summed E-state index contributed by atoms with van der Waals surface area (Å²) in [6, 6.07) is 15.9. The van der Waals surface area contributed by atoms with Gasteiger partial charge < -0.3 is 24.6 Å². The van der Waals surface area contributed by atoms with Gasteiger partial charge in [-0.15, -0.1) is 0 Å². The lowest BCUT2D eigenvalue weighted by molar-refractivity contribution is -0.142. The van der Waals surface area contributed by atoms with Crippen LogP contribution in [0, 0.1) is 0 Å². The molecule has 0 saturated carbocycles. The Morgan fingerprint density at radius 1 is 1.04 bits per heavy atom. The average molecular weight is 387 g/mol. The van der Waals surface area contributed by atoms with Crippen LogP contribution in [-0.4, -0.2) is 50.0 Å². The molecule has 0 aliphatic carbocycles. The van der Waals surface area contributed by atoms with Gasteiger partial charge >= 0.3 is 5.97 Å². The summed E-state index contributed by atoms with van der Waals surface area (Å²) >= 11 is 0.